The van der Waals surface area contributed by atoms with Crippen LogP contribution in [0, 0.1) is 0 Å². The lowest BCUT2D eigenvalue weighted by atomic mass is 10.0. The third-order valence-corrected chi connectivity index (χ3v) is 5.43. The number of aromatic nitrogens is 1. The molecule has 0 unspecified atom stereocenters. The summed E-state index contributed by atoms with van der Waals surface area (Å²) in [5.74, 6) is 1.92. The highest BCUT2D eigenvalue weighted by Crippen LogP contribution is 2.19. The Hall–Kier alpha value is -2.73. The Kier molecular flexibility index (Phi) is 6.41. The fourth-order valence-corrected chi connectivity index (χ4v) is 3.62. The summed E-state index contributed by atoms with van der Waals surface area (Å²) in [5.41, 5.74) is 3.53. The average molecular weight is 397 g/mol. The molecule has 1 aromatic heterocycles. The number of methoxy groups -OCH3 is 1. The molecule has 0 aliphatic heterocycles. The van der Waals surface area contributed by atoms with E-state index in [1.165, 1.54) is 17.3 Å². The predicted octanol–water partition coefficient (Wildman–Crippen LogP) is 4.53. The van der Waals surface area contributed by atoms with Gasteiger partial charge in [0.25, 0.3) is 0 Å². The molecule has 3 rings (SSSR count). The molecule has 2 N–H and O–H groups in total. The fraction of sp³-hybridized carbons (Fsp3) is 0.273. The Labute approximate surface area is 168 Å². The number of amides is 1. The van der Waals surface area contributed by atoms with Crippen LogP contribution in [0.15, 0.2) is 53.3 Å². The Morgan fingerprint density at radius 3 is 2.57 bits per heavy atom. The van der Waals surface area contributed by atoms with Crippen LogP contribution in [-0.2, 0) is 10.5 Å². The van der Waals surface area contributed by atoms with Crippen molar-refractivity contribution >= 4 is 34.3 Å². The molecule has 6 heteroatoms. The van der Waals surface area contributed by atoms with Crippen molar-refractivity contribution in [3.05, 3.63) is 70.0 Å². The van der Waals surface area contributed by atoms with E-state index in [2.05, 4.69) is 24.1 Å². The monoisotopic (exact) mass is 396 g/mol. The SMILES string of the molecule is COc1ccc2[nH]c(CSCC(=O)Nc3ccc(C(C)C)cc3)cc(=O)c2c1. The predicted molar refractivity (Wildman–Crippen MR) is 116 cm³/mol. The van der Waals surface area contributed by atoms with E-state index < -0.39 is 0 Å². The minimum absolute atomic E-state index is 0.0575. The summed E-state index contributed by atoms with van der Waals surface area (Å²) in [5, 5.41) is 3.50. The van der Waals surface area contributed by atoms with Crippen molar-refractivity contribution in [2.75, 3.05) is 18.2 Å². The van der Waals surface area contributed by atoms with Gasteiger partial charge in [-0.25, -0.2) is 0 Å². The lowest BCUT2D eigenvalue weighted by molar-refractivity contribution is -0.113. The molecule has 0 aliphatic carbocycles. The summed E-state index contributed by atoms with van der Waals surface area (Å²) in [6.45, 7) is 4.27. The number of carbonyl (C=O) groups excluding carboxylic acids is 1. The van der Waals surface area contributed by atoms with E-state index >= 15 is 0 Å². The van der Waals surface area contributed by atoms with Crippen LogP contribution in [0.2, 0.25) is 0 Å². The van der Waals surface area contributed by atoms with Crippen LogP contribution in [-0.4, -0.2) is 23.8 Å². The molecule has 0 fully saturated rings. The maximum Gasteiger partial charge on any atom is 0.234 e. The van der Waals surface area contributed by atoms with Gasteiger partial charge in [0, 0.05) is 34.1 Å². The number of aromatic amines is 1. The lowest BCUT2D eigenvalue weighted by Gasteiger charge is -2.09. The highest BCUT2D eigenvalue weighted by atomic mass is 32.2. The summed E-state index contributed by atoms with van der Waals surface area (Å²) < 4.78 is 5.16. The summed E-state index contributed by atoms with van der Waals surface area (Å²) in [6.07, 6.45) is 0. The zero-order valence-corrected chi connectivity index (χ0v) is 17.1. The van der Waals surface area contributed by atoms with Crippen molar-refractivity contribution in [1.29, 1.82) is 0 Å². The summed E-state index contributed by atoms with van der Waals surface area (Å²) in [4.78, 5) is 27.7. The zero-order valence-electron chi connectivity index (χ0n) is 16.2. The molecule has 146 valence electrons. The van der Waals surface area contributed by atoms with Gasteiger partial charge < -0.3 is 15.0 Å². The van der Waals surface area contributed by atoms with Crippen LogP contribution < -0.4 is 15.5 Å². The van der Waals surface area contributed by atoms with Gasteiger partial charge in [0.2, 0.25) is 5.91 Å². The molecule has 0 atom stereocenters. The van der Waals surface area contributed by atoms with Gasteiger partial charge in [-0.1, -0.05) is 26.0 Å². The van der Waals surface area contributed by atoms with Gasteiger partial charge in [-0.15, -0.1) is 11.8 Å². The molecular formula is C22H24N2O3S. The normalized spacial score (nSPS) is 11.0. The van der Waals surface area contributed by atoms with Crippen LogP contribution in [0.25, 0.3) is 10.9 Å². The Balaban J connectivity index is 1.57. The molecule has 0 saturated heterocycles. The number of anilines is 1. The van der Waals surface area contributed by atoms with E-state index in [1.54, 1.807) is 19.2 Å². The topological polar surface area (TPSA) is 71.2 Å². The molecule has 0 bridgehead atoms. The molecule has 0 spiro atoms. The maximum absolute atomic E-state index is 12.3. The van der Waals surface area contributed by atoms with E-state index in [1.807, 2.05) is 36.4 Å². The Bertz CT molecular complexity index is 1030. The van der Waals surface area contributed by atoms with E-state index in [-0.39, 0.29) is 11.3 Å². The number of ether oxygens (including phenoxy) is 1. The maximum atomic E-state index is 12.3. The number of rotatable bonds is 7. The summed E-state index contributed by atoms with van der Waals surface area (Å²) in [7, 11) is 1.57. The summed E-state index contributed by atoms with van der Waals surface area (Å²) >= 11 is 1.46. The quantitative estimate of drug-likeness (QED) is 0.615. The van der Waals surface area contributed by atoms with Crippen LogP contribution >= 0.6 is 11.8 Å². The van der Waals surface area contributed by atoms with Gasteiger partial charge in [0.1, 0.15) is 5.75 Å². The molecule has 0 saturated carbocycles. The number of carbonyl (C=O) groups is 1. The Morgan fingerprint density at radius 2 is 1.89 bits per heavy atom. The second-order valence-electron chi connectivity index (χ2n) is 6.89. The number of pyridine rings is 1. The smallest absolute Gasteiger partial charge is 0.234 e. The molecule has 3 aromatic rings. The van der Waals surface area contributed by atoms with Crippen LogP contribution in [0.3, 0.4) is 0 Å². The van der Waals surface area contributed by atoms with Crippen molar-refractivity contribution in [1.82, 2.24) is 4.98 Å². The largest absolute Gasteiger partial charge is 0.497 e. The molecule has 0 radical (unpaired) electrons. The third kappa shape index (κ3) is 4.95. The number of nitrogens with one attached hydrogen (secondary N) is 2. The fourth-order valence-electron chi connectivity index (χ4n) is 2.89. The van der Waals surface area contributed by atoms with E-state index in [0.717, 1.165) is 16.9 Å². The number of hydrogen-bond acceptors (Lipinski definition) is 4. The Morgan fingerprint density at radius 1 is 1.14 bits per heavy atom. The highest BCUT2D eigenvalue weighted by Gasteiger charge is 2.07. The number of hydrogen-bond donors (Lipinski definition) is 2. The van der Waals surface area contributed by atoms with Crippen molar-refractivity contribution in [2.24, 2.45) is 0 Å². The number of fused-ring (bicyclic) bond motifs is 1. The van der Waals surface area contributed by atoms with Gasteiger partial charge >= 0.3 is 0 Å². The first-order chi connectivity index (χ1) is 13.5. The average Bonchev–Trinajstić information content (AvgIpc) is 2.68. The van der Waals surface area contributed by atoms with Gasteiger partial charge in [-0.05, 0) is 41.8 Å². The second-order valence-corrected chi connectivity index (χ2v) is 7.87. The van der Waals surface area contributed by atoms with Gasteiger partial charge in [-0.3, -0.25) is 9.59 Å². The number of H-pyrrole nitrogens is 1. The first-order valence-corrected chi connectivity index (χ1v) is 10.3. The first-order valence-electron chi connectivity index (χ1n) is 9.14. The van der Waals surface area contributed by atoms with Crippen molar-refractivity contribution in [2.45, 2.75) is 25.5 Å². The van der Waals surface area contributed by atoms with Gasteiger partial charge in [0.15, 0.2) is 5.43 Å². The minimum atomic E-state index is -0.0600. The molecule has 1 amide bonds. The second kappa shape index (κ2) is 8.97. The van der Waals surface area contributed by atoms with Crippen LogP contribution in [0.1, 0.15) is 31.0 Å². The van der Waals surface area contributed by atoms with Gasteiger partial charge in [0.05, 0.1) is 12.9 Å². The zero-order chi connectivity index (χ0) is 20.1. The number of benzene rings is 2. The molecule has 2 aromatic carbocycles. The van der Waals surface area contributed by atoms with Gasteiger partial charge in [-0.2, -0.15) is 0 Å². The van der Waals surface area contributed by atoms with E-state index in [0.29, 0.717) is 28.6 Å². The number of thioether (sulfide) groups is 1. The van der Waals surface area contributed by atoms with E-state index in [4.69, 9.17) is 4.74 Å². The summed E-state index contributed by atoms with van der Waals surface area (Å²) in [6, 6.07) is 14.9. The van der Waals surface area contributed by atoms with Crippen LogP contribution in [0.4, 0.5) is 5.69 Å². The molecule has 0 aliphatic rings. The minimum Gasteiger partial charge on any atom is -0.497 e. The van der Waals surface area contributed by atoms with Crippen molar-refractivity contribution < 1.29 is 9.53 Å². The third-order valence-electron chi connectivity index (χ3n) is 4.44. The highest BCUT2D eigenvalue weighted by molar-refractivity contribution is 7.99. The molecule has 28 heavy (non-hydrogen) atoms. The van der Waals surface area contributed by atoms with Crippen LogP contribution in [0.5, 0.6) is 5.75 Å². The van der Waals surface area contributed by atoms with Crippen molar-refractivity contribution in [3.8, 4) is 5.75 Å². The first kappa shape index (κ1) is 20.0. The van der Waals surface area contributed by atoms with Crippen molar-refractivity contribution in [3.63, 3.8) is 0 Å². The molecule has 1 heterocycles. The molecular weight excluding hydrogens is 372 g/mol. The lowest BCUT2D eigenvalue weighted by Crippen LogP contribution is -2.14. The molecule has 5 nitrogen and oxygen atoms in total. The standard InChI is InChI=1S/C22H24N2O3S/c1-14(2)15-4-6-16(7-5-15)24-22(26)13-28-12-17-10-21(25)19-11-18(27-3)8-9-20(19)23-17/h4-11,14H,12-13H2,1-3H3,(H,23,25)(H,24,26). The van der Waals surface area contributed by atoms with E-state index in [9.17, 15) is 9.59 Å².